The number of benzene rings is 2. The molecule has 1 fully saturated rings. The number of amides is 1. The maximum Gasteiger partial charge on any atom is 0.270 e. The summed E-state index contributed by atoms with van der Waals surface area (Å²) in [5.74, 6) is 0.758. The van der Waals surface area contributed by atoms with Gasteiger partial charge in [0, 0.05) is 0 Å². The number of nitrogens with zero attached hydrogens (tertiary/aromatic N) is 1. The van der Waals surface area contributed by atoms with E-state index < -0.39 is 0 Å². The van der Waals surface area contributed by atoms with Crippen LogP contribution in [0.3, 0.4) is 0 Å². The molecule has 3 rings (SSSR count). The summed E-state index contributed by atoms with van der Waals surface area (Å²) < 4.78 is 6.13. The number of carbonyl (C=O) groups excluding carboxylic acids is 1. The molecule has 24 heavy (non-hydrogen) atoms. The predicted octanol–water partition coefficient (Wildman–Crippen LogP) is 4.88. The molecule has 0 radical (unpaired) electrons. The van der Waals surface area contributed by atoms with E-state index in [0.717, 1.165) is 23.4 Å². The van der Waals surface area contributed by atoms with Gasteiger partial charge in [0.25, 0.3) is 5.91 Å². The number of thioether (sulfide) groups is 1. The highest BCUT2D eigenvalue weighted by atomic mass is 32.2. The van der Waals surface area contributed by atoms with E-state index in [9.17, 15) is 4.79 Å². The van der Waals surface area contributed by atoms with Crippen LogP contribution in [0.4, 0.5) is 5.69 Å². The van der Waals surface area contributed by atoms with Crippen LogP contribution in [-0.2, 0) is 4.79 Å². The number of hydrogen-bond donors (Lipinski definition) is 0. The lowest BCUT2D eigenvalue weighted by Crippen LogP contribution is -2.27. The van der Waals surface area contributed by atoms with Gasteiger partial charge in [0.2, 0.25) is 0 Å². The Morgan fingerprint density at radius 1 is 1.12 bits per heavy atom. The minimum atomic E-state index is -0.0810. The van der Waals surface area contributed by atoms with Crippen molar-refractivity contribution >= 4 is 46.0 Å². The summed E-state index contributed by atoms with van der Waals surface area (Å²) in [6, 6.07) is 17.2. The van der Waals surface area contributed by atoms with Gasteiger partial charge in [0.1, 0.15) is 5.75 Å². The molecule has 1 heterocycles. The maximum atomic E-state index is 12.7. The second kappa shape index (κ2) is 7.64. The van der Waals surface area contributed by atoms with Crippen LogP contribution in [0.5, 0.6) is 5.75 Å². The lowest BCUT2D eigenvalue weighted by molar-refractivity contribution is -0.113. The first-order valence-electron chi connectivity index (χ1n) is 7.75. The molecule has 0 unspecified atom stereocenters. The Labute approximate surface area is 151 Å². The molecule has 0 N–H and O–H groups in total. The number of rotatable bonds is 5. The first-order chi connectivity index (χ1) is 11.7. The number of hydrogen-bond acceptors (Lipinski definition) is 4. The molecule has 1 amide bonds. The first-order valence-corrected chi connectivity index (χ1v) is 8.97. The number of carbonyl (C=O) groups is 1. The smallest absolute Gasteiger partial charge is 0.270 e. The van der Waals surface area contributed by atoms with Crippen molar-refractivity contribution < 1.29 is 9.53 Å². The highest BCUT2D eigenvalue weighted by Crippen LogP contribution is 2.35. The second-order valence-corrected chi connectivity index (χ2v) is 6.95. The highest BCUT2D eigenvalue weighted by molar-refractivity contribution is 8.27. The topological polar surface area (TPSA) is 29.5 Å². The summed E-state index contributed by atoms with van der Waals surface area (Å²) in [5.41, 5.74) is 1.75. The number of anilines is 1. The molecule has 0 bridgehead atoms. The van der Waals surface area contributed by atoms with E-state index in [4.69, 9.17) is 17.0 Å². The third-order valence-corrected chi connectivity index (χ3v) is 4.76. The molecule has 0 atom stereocenters. The van der Waals surface area contributed by atoms with Gasteiger partial charge in [-0.25, -0.2) is 0 Å². The molecule has 0 spiro atoms. The lowest BCUT2D eigenvalue weighted by atomic mass is 10.2. The van der Waals surface area contributed by atoms with Gasteiger partial charge in [-0.1, -0.05) is 61.2 Å². The van der Waals surface area contributed by atoms with Crippen molar-refractivity contribution in [3.8, 4) is 5.75 Å². The molecule has 0 aromatic heterocycles. The Morgan fingerprint density at radius 2 is 1.83 bits per heavy atom. The number of thiocarbonyl (C=S) groups is 1. The van der Waals surface area contributed by atoms with Gasteiger partial charge in [0.05, 0.1) is 17.2 Å². The van der Waals surface area contributed by atoms with Crippen molar-refractivity contribution in [1.82, 2.24) is 0 Å². The van der Waals surface area contributed by atoms with Gasteiger partial charge in [0.15, 0.2) is 4.32 Å². The Morgan fingerprint density at radius 3 is 2.50 bits per heavy atom. The zero-order chi connectivity index (χ0) is 16.9. The molecular weight excluding hydrogens is 338 g/mol. The SMILES string of the molecule is CCCOc1ccc(C=C2SC(=S)N(c3ccccc3)C2=O)cc1. The fourth-order valence-electron chi connectivity index (χ4n) is 2.30. The predicted molar refractivity (Wildman–Crippen MR) is 104 cm³/mol. The Kier molecular flexibility index (Phi) is 5.33. The van der Waals surface area contributed by atoms with Gasteiger partial charge in [-0.2, -0.15) is 0 Å². The summed E-state index contributed by atoms with van der Waals surface area (Å²) in [4.78, 5) is 14.9. The largest absolute Gasteiger partial charge is 0.494 e. The normalized spacial score (nSPS) is 16.0. The van der Waals surface area contributed by atoms with E-state index in [1.165, 1.54) is 11.8 Å². The average molecular weight is 355 g/mol. The fraction of sp³-hybridized carbons (Fsp3) is 0.158. The van der Waals surface area contributed by atoms with Crippen LogP contribution in [0.2, 0.25) is 0 Å². The van der Waals surface area contributed by atoms with Crippen LogP contribution < -0.4 is 9.64 Å². The molecule has 0 aliphatic carbocycles. The number of para-hydroxylation sites is 1. The van der Waals surface area contributed by atoms with E-state index in [1.54, 1.807) is 4.90 Å². The molecule has 2 aromatic rings. The zero-order valence-corrected chi connectivity index (χ0v) is 14.9. The van der Waals surface area contributed by atoms with Gasteiger partial charge >= 0.3 is 0 Å². The standard InChI is InChI=1S/C19H17NO2S2/c1-2-12-22-16-10-8-14(9-11-16)13-17-18(21)20(19(23)24-17)15-6-4-3-5-7-15/h3-11,13H,2,12H2,1H3. The van der Waals surface area contributed by atoms with E-state index in [0.29, 0.717) is 15.8 Å². The monoisotopic (exact) mass is 355 g/mol. The van der Waals surface area contributed by atoms with Gasteiger partial charge < -0.3 is 4.74 Å². The van der Waals surface area contributed by atoms with Crippen molar-refractivity contribution in [2.45, 2.75) is 13.3 Å². The molecule has 2 aromatic carbocycles. The van der Waals surface area contributed by atoms with Gasteiger partial charge in [-0.05, 0) is 42.3 Å². The van der Waals surface area contributed by atoms with Crippen LogP contribution in [-0.4, -0.2) is 16.8 Å². The molecule has 5 heteroatoms. The molecule has 3 nitrogen and oxygen atoms in total. The molecule has 122 valence electrons. The van der Waals surface area contributed by atoms with Crippen LogP contribution in [0.15, 0.2) is 59.5 Å². The molecule has 1 aliphatic rings. The van der Waals surface area contributed by atoms with Crippen LogP contribution in [0.25, 0.3) is 6.08 Å². The zero-order valence-electron chi connectivity index (χ0n) is 13.3. The van der Waals surface area contributed by atoms with Crippen molar-refractivity contribution in [1.29, 1.82) is 0 Å². The third-order valence-electron chi connectivity index (χ3n) is 3.46. The van der Waals surface area contributed by atoms with Gasteiger partial charge in [-0.3, -0.25) is 9.69 Å². The molecular formula is C19H17NO2S2. The quantitative estimate of drug-likeness (QED) is 0.565. The van der Waals surface area contributed by atoms with Crippen molar-refractivity contribution in [2.24, 2.45) is 0 Å². The lowest BCUT2D eigenvalue weighted by Gasteiger charge is -2.13. The average Bonchev–Trinajstić information content (AvgIpc) is 2.88. The van der Waals surface area contributed by atoms with E-state index >= 15 is 0 Å². The minimum Gasteiger partial charge on any atom is -0.494 e. The summed E-state index contributed by atoms with van der Waals surface area (Å²) in [5, 5.41) is 0. The molecule has 0 saturated carbocycles. The van der Waals surface area contributed by atoms with Crippen LogP contribution in [0, 0.1) is 0 Å². The molecule has 1 saturated heterocycles. The van der Waals surface area contributed by atoms with E-state index in [2.05, 4.69) is 6.92 Å². The Balaban J connectivity index is 1.79. The maximum absolute atomic E-state index is 12.7. The summed E-state index contributed by atoms with van der Waals surface area (Å²) >= 11 is 6.70. The van der Waals surface area contributed by atoms with E-state index in [1.807, 2.05) is 60.7 Å². The number of ether oxygens (including phenoxy) is 1. The van der Waals surface area contributed by atoms with Crippen LogP contribution in [0.1, 0.15) is 18.9 Å². The van der Waals surface area contributed by atoms with Crippen molar-refractivity contribution in [3.63, 3.8) is 0 Å². The second-order valence-electron chi connectivity index (χ2n) is 5.27. The van der Waals surface area contributed by atoms with Gasteiger partial charge in [-0.15, -0.1) is 0 Å². The highest BCUT2D eigenvalue weighted by Gasteiger charge is 2.33. The van der Waals surface area contributed by atoms with Crippen molar-refractivity contribution in [2.75, 3.05) is 11.5 Å². The molecule has 1 aliphatic heterocycles. The summed E-state index contributed by atoms with van der Waals surface area (Å²) in [6.45, 7) is 2.78. The van der Waals surface area contributed by atoms with Crippen LogP contribution >= 0.6 is 24.0 Å². The minimum absolute atomic E-state index is 0.0810. The first kappa shape index (κ1) is 16.7. The summed E-state index contributed by atoms with van der Waals surface area (Å²) in [6.07, 6.45) is 2.84. The fourth-order valence-corrected chi connectivity index (χ4v) is 3.60. The van der Waals surface area contributed by atoms with Crippen molar-refractivity contribution in [3.05, 3.63) is 65.1 Å². The Bertz CT molecular complexity index is 770. The summed E-state index contributed by atoms with van der Waals surface area (Å²) in [7, 11) is 0. The third kappa shape index (κ3) is 3.68. The van der Waals surface area contributed by atoms with E-state index in [-0.39, 0.29) is 5.91 Å². The Hall–Kier alpha value is -2.11.